The second-order valence-electron chi connectivity index (χ2n) is 3.82. The van der Waals surface area contributed by atoms with Gasteiger partial charge in [-0.2, -0.15) is 0 Å². The molecule has 0 spiro atoms. The molecule has 1 aromatic rings. The number of furan rings is 1. The maximum absolute atomic E-state index is 11.8. The molecule has 0 aromatic carbocycles. The Kier molecular flexibility index (Phi) is 4.74. The number of halogens is 1. The first kappa shape index (κ1) is 13.8. The first-order valence-corrected chi connectivity index (χ1v) is 5.95. The Morgan fingerprint density at radius 2 is 2.18 bits per heavy atom. The molecule has 5 nitrogen and oxygen atoms in total. The van der Waals surface area contributed by atoms with Gasteiger partial charge < -0.3 is 14.6 Å². The van der Waals surface area contributed by atoms with Gasteiger partial charge >= 0.3 is 0 Å². The molecule has 1 rings (SSSR count). The number of rotatable bonds is 4. The Hall–Kier alpha value is -1.30. The molecule has 1 N–H and O–H groups in total. The van der Waals surface area contributed by atoms with Gasteiger partial charge in [0, 0.05) is 14.0 Å². The third kappa shape index (κ3) is 4.22. The molecular weight excluding hydrogens is 288 g/mol. The lowest BCUT2D eigenvalue weighted by molar-refractivity contribution is -0.135. The van der Waals surface area contributed by atoms with Crippen molar-refractivity contribution < 1.29 is 14.0 Å². The number of likely N-dealkylation sites (N-methyl/N-ethyl adjacent to an activating group) is 1. The van der Waals surface area contributed by atoms with E-state index >= 15 is 0 Å². The minimum atomic E-state index is -0.532. The van der Waals surface area contributed by atoms with Crippen molar-refractivity contribution in [3.63, 3.8) is 0 Å². The predicted octanol–water partition coefficient (Wildman–Crippen LogP) is 1.53. The van der Waals surface area contributed by atoms with Crippen LogP contribution in [-0.4, -0.2) is 29.8 Å². The molecule has 0 aliphatic rings. The molecule has 0 unspecified atom stereocenters. The van der Waals surface area contributed by atoms with E-state index < -0.39 is 6.04 Å². The number of nitrogens with zero attached hydrogens (tertiary/aromatic N) is 1. The van der Waals surface area contributed by atoms with Crippen LogP contribution in [0.4, 0.5) is 0 Å². The number of amides is 2. The van der Waals surface area contributed by atoms with Crippen LogP contribution in [0.1, 0.15) is 19.6 Å². The van der Waals surface area contributed by atoms with Crippen LogP contribution < -0.4 is 5.32 Å². The fraction of sp³-hybridized carbons (Fsp3) is 0.455. The number of nitrogens with one attached hydrogen (secondary N) is 1. The summed E-state index contributed by atoms with van der Waals surface area (Å²) in [7, 11) is 1.66. The summed E-state index contributed by atoms with van der Waals surface area (Å²) in [4.78, 5) is 24.2. The van der Waals surface area contributed by atoms with Gasteiger partial charge in [0.25, 0.3) is 0 Å². The maximum Gasteiger partial charge on any atom is 0.245 e. The van der Waals surface area contributed by atoms with Crippen molar-refractivity contribution in [2.75, 3.05) is 7.05 Å². The van der Waals surface area contributed by atoms with Crippen LogP contribution in [0.15, 0.2) is 21.2 Å². The second kappa shape index (κ2) is 5.86. The first-order valence-electron chi connectivity index (χ1n) is 5.16. The molecule has 0 fully saturated rings. The van der Waals surface area contributed by atoms with Gasteiger partial charge in [0.1, 0.15) is 11.8 Å². The van der Waals surface area contributed by atoms with Crippen molar-refractivity contribution in [2.45, 2.75) is 26.4 Å². The van der Waals surface area contributed by atoms with E-state index in [9.17, 15) is 9.59 Å². The van der Waals surface area contributed by atoms with E-state index in [0.29, 0.717) is 17.0 Å². The van der Waals surface area contributed by atoms with Crippen LogP contribution in [0, 0.1) is 0 Å². The van der Waals surface area contributed by atoms with Crippen molar-refractivity contribution in [2.24, 2.45) is 0 Å². The molecule has 0 saturated heterocycles. The standard InChI is InChI=1S/C11H15BrN2O3/c1-7(13-8(2)15)11(16)14(3)6-9-4-5-10(12)17-9/h4-5,7H,6H2,1-3H3,(H,13,15)/t7-/m1/s1. The van der Waals surface area contributed by atoms with E-state index in [1.54, 1.807) is 26.1 Å². The van der Waals surface area contributed by atoms with E-state index in [-0.39, 0.29) is 11.8 Å². The Bertz CT molecular complexity index is 417. The monoisotopic (exact) mass is 302 g/mol. The summed E-state index contributed by atoms with van der Waals surface area (Å²) in [6.07, 6.45) is 0. The number of hydrogen-bond acceptors (Lipinski definition) is 3. The predicted molar refractivity (Wildman–Crippen MR) is 66.2 cm³/mol. The maximum atomic E-state index is 11.8. The summed E-state index contributed by atoms with van der Waals surface area (Å²) in [6, 6.07) is 3.03. The summed E-state index contributed by atoms with van der Waals surface area (Å²) in [5.41, 5.74) is 0. The molecule has 1 aromatic heterocycles. The highest BCUT2D eigenvalue weighted by Crippen LogP contribution is 2.15. The lowest BCUT2D eigenvalue weighted by Gasteiger charge is -2.20. The third-order valence-corrected chi connectivity index (χ3v) is 2.61. The lowest BCUT2D eigenvalue weighted by Crippen LogP contribution is -2.44. The highest BCUT2D eigenvalue weighted by atomic mass is 79.9. The Morgan fingerprint density at radius 1 is 1.53 bits per heavy atom. The molecule has 0 aliphatic carbocycles. The summed E-state index contributed by atoms with van der Waals surface area (Å²) >= 11 is 3.19. The normalized spacial score (nSPS) is 12.0. The van der Waals surface area contributed by atoms with Crippen LogP contribution >= 0.6 is 15.9 Å². The summed E-state index contributed by atoms with van der Waals surface area (Å²) in [6.45, 7) is 3.40. The minimum Gasteiger partial charge on any atom is -0.452 e. The van der Waals surface area contributed by atoms with Crippen molar-refractivity contribution in [3.05, 3.63) is 22.6 Å². The zero-order valence-electron chi connectivity index (χ0n) is 9.99. The zero-order chi connectivity index (χ0) is 13.0. The fourth-order valence-corrected chi connectivity index (χ4v) is 1.79. The molecule has 17 heavy (non-hydrogen) atoms. The van der Waals surface area contributed by atoms with E-state index in [0.717, 1.165) is 0 Å². The van der Waals surface area contributed by atoms with Crippen molar-refractivity contribution >= 4 is 27.7 Å². The summed E-state index contributed by atoms with van der Waals surface area (Å²) in [5.74, 6) is 0.301. The summed E-state index contributed by atoms with van der Waals surface area (Å²) < 4.78 is 5.93. The van der Waals surface area contributed by atoms with Crippen LogP contribution in [0.25, 0.3) is 0 Å². The summed E-state index contributed by atoms with van der Waals surface area (Å²) in [5, 5.41) is 2.54. The molecule has 0 radical (unpaired) electrons. The third-order valence-electron chi connectivity index (χ3n) is 2.19. The van der Waals surface area contributed by atoms with Crippen molar-refractivity contribution in [1.29, 1.82) is 0 Å². The SMILES string of the molecule is CC(=O)N[C@H](C)C(=O)N(C)Cc1ccc(Br)o1. The van der Waals surface area contributed by atoms with Gasteiger partial charge in [-0.15, -0.1) is 0 Å². The molecule has 0 aliphatic heterocycles. The topological polar surface area (TPSA) is 62.6 Å². The second-order valence-corrected chi connectivity index (χ2v) is 4.60. The Morgan fingerprint density at radius 3 is 2.65 bits per heavy atom. The van der Waals surface area contributed by atoms with Crippen LogP contribution in [-0.2, 0) is 16.1 Å². The average Bonchev–Trinajstić information content (AvgIpc) is 2.61. The van der Waals surface area contributed by atoms with Gasteiger partial charge in [-0.05, 0) is 35.0 Å². The number of carbonyl (C=O) groups excluding carboxylic acids is 2. The molecule has 6 heteroatoms. The minimum absolute atomic E-state index is 0.160. The van der Waals surface area contributed by atoms with E-state index in [2.05, 4.69) is 21.2 Å². The van der Waals surface area contributed by atoms with E-state index in [1.165, 1.54) is 11.8 Å². The Balaban J connectivity index is 2.55. The van der Waals surface area contributed by atoms with Crippen LogP contribution in [0.5, 0.6) is 0 Å². The fourth-order valence-electron chi connectivity index (χ4n) is 1.45. The molecular formula is C11H15BrN2O3. The molecule has 94 valence electrons. The highest BCUT2D eigenvalue weighted by molar-refractivity contribution is 9.10. The number of carbonyl (C=O) groups is 2. The molecule has 0 saturated carbocycles. The van der Waals surface area contributed by atoms with Gasteiger partial charge in [-0.1, -0.05) is 0 Å². The van der Waals surface area contributed by atoms with Crippen molar-refractivity contribution in [3.8, 4) is 0 Å². The van der Waals surface area contributed by atoms with Crippen molar-refractivity contribution in [1.82, 2.24) is 10.2 Å². The Labute approximate surface area is 108 Å². The van der Waals surface area contributed by atoms with E-state index in [4.69, 9.17) is 4.42 Å². The average molecular weight is 303 g/mol. The quantitative estimate of drug-likeness (QED) is 0.917. The molecule has 0 bridgehead atoms. The van der Waals surface area contributed by atoms with Gasteiger partial charge in [0.05, 0.1) is 6.54 Å². The smallest absolute Gasteiger partial charge is 0.245 e. The van der Waals surface area contributed by atoms with Gasteiger partial charge in [-0.3, -0.25) is 9.59 Å². The number of hydrogen-bond donors (Lipinski definition) is 1. The highest BCUT2D eigenvalue weighted by Gasteiger charge is 2.18. The van der Waals surface area contributed by atoms with E-state index in [1.807, 2.05) is 0 Å². The first-order chi connectivity index (χ1) is 7.90. The van der Waals surface area contributed by atoms with Gasteiger partial charge in [0.2, 0.25) is 11.8 Å². The molecule has 2 amide bonds. The zero-order valence-corrected chi connectivity index (χ0v) is 11.6. The van der Waals surface area contributed by atoms with Crippen LogP contribution in [0.3, 0.4) is 0 Å². The van der Waals surface area contributed by atoms with Crippen LogP contribution in [0.2, 0.25) is 0 Å². The van der Waals surface area contributed by atoms with Gasteiger partial charge in [-0.25, -0.2) is 0 Å². The largest absolute Gasteiger partial charge is 0.452 e. The molecule has 1 heterocycles. The lowest BCUT2D eigenvalue weighted by atomic mass is 10.3. The molecule has 1 atom stereocenters. The van der Waals surface area contributed by atoms with Gasteiger partial charge in [0.15, 0.2) is 4.67 Å².